The van der Waals surface area contributed by atoms with E-state index in [-0.39, 0.29) is 12.3 Å². The summed E-state index contributed by atoms with van der Waals surface area (Å²) in [6.07, 6.45) is 0. The number of methoxy groups -OCH3 is 1. The molecule has 0 N–H and O–H groups in total. The summed E-state index contributed by atoms with van der Waals surface area (Å²) in [6.45, 7) is 0.226. The smallest absolute Gasteiger partial charge is 0.274 e. The van der Waals surface area contributed by atoms with Crippen molar-refractivity contribution in [3.8, 4) is 11.5 Å². The molecule has 5 nitrogen and oxygen atoms in total. The average Bonchev–Trinajstić information content (AvgIpc) is 2.58. The minimum absolute atomic E-state index is 0.0355. The van der Waals surface area contributed by atoms with Crippen LogP contribution in [0.5, 0.6) is 11.5 Å². The normalized spacial score (nSPS) is 11.0. The molecule has 0 unspecified atom stereocenters. The molecule has 0 saturated carbocycles. The number of hydrogen-bond acceptors (Lipinski definition) is 5. The maximum Gasteiger partial charge on any atom is 0.274 e. The number of hydrogen-bond donors (Lipinski definition) is 0. The van der Waals surface area contributed by atoms with Crippen molar-refractivity contribution in [1.29, 1.82) is 0 Å². The summed E-state index contributed by atoms with van der Waals surface area (Å²) >= 11 is 5.58. The van der Waals surface area contributed by atoms with Crippen LogP contribution in [0, 0.1) is 0 Å². The first kappa shape index (κ1) is 16.8. The van der Waals surface area contributed by atoms with Crippen LogP contribution in [-0.2, 0) is 16.2 Å². The van der Waals surface area contributed by atoms with E-state index in [1.165, 1.54) is 7.11 Å². The molecule has 0 fully saturated rings. The van der Waals surface area contributed by atoms with Crippen LogP contribution in [0.3, 0.4) is 0 Å². The second-order valence-corrected chi connectivity index (χ2v) is 4.84. The molecule has 0 atom stereocenters. The molecule has 0 amide bonds. The zero-order valence-electron chi connectivity index (χ0n) is 12.8. The van der Waals surface area contributed by atoms with Gasteiger partial charge in [0.25, 0.3) is 5.24 Å². The van der Waals surface area contributed by atoms with Gasteiger partial charge in [-0.1, -0.05) is 41.6 Å². The van der Waals surface area contributed by atoms with E-state index in [1.54, 1.807) is 31.4 Å². The fraction of sp³-hybridized carbons (Fsp3) is 0.176. The van der Waals surface area contributed by atoms with E-state index < -0.39 is 5.24 Å². The molecule has 2 aromatic rings. The molecular formula is C17H16ClNO4. The van der Waals surface area contributed by atoms with Crippen molar-refractivity contribution in [3.63, 3.8) is 0 Å². The van der Waals surface area contributed by atoms with E-state index in [9.17, 15) is 4.79 Å². The lowest BCUT2D eigenvalue weighted by Gasteiger charge is -2.13. The number of ether oxygens (including phenoxy) is 2. The quantitative estimate of drug-likeness (QED) is 0.443. The predicted octanol–water partition coefficient (Wildman–Crippen LogP) is 3.39. The first-order valence-electron chi connectivity index (χ1n) is 6.82. The molecule has 2 rings (SSSR count). The monoisotopic (exact) mass is 333 g/mol. The Kier molecular flexibility index (Phi) is 6.00. The van der Waals surface area contributed by atoms with Gasteiger partial charge in [-0.2, -0.15) is 0 Å². The highest BCUT2D eigenvalue weighted by Gasteiger charge is 2.17. The first-order valence-corrected chi connectivity index (χ1v) is 7.20. The van der Waals surface area contributed by atoms with E-state index in [0.29, 0.717) is 17.1 Å². The molecular weight excluding hydrogens is 318 g/mol. The Balaban J connectivity index is 2.27. The topological polar surface area (TPSA) is 57.1 Å². The molecule has 0 spiro atoms. The van der Waals surface area contributed by atoms with Gasteiger partial charge in [0.2, 0.25) is 0 Å². The molecule has 0 aliphatic heterocycles. The van der Waals surface area contributed by atoms with Gasteiger partial charge in [0, 0.05) is 5.56 Å². The number of rotatable bonds is 7. The second kappa shape index (κ2) is 8.19. The van der Waals surface area contributed by atoms with Crippen LogP contribution in [0.25, 0.3) is 0 Å². The number of halogens is 1. The van der Waals surface area contributed by atoms with Crippen molar-refractivity contribution in [2.45, 2.75) is 6.61 Å². The van der Waals surface area contributed by atoms with Crippen molar-refractivity contribution in [2.75, 3.05) is 14.2 Å². The fourth-order valence-corrected chi connectivity index (χ4v) is 2.19. The molecule has 6 heteroatoms. The van der Waals surface area contributed by atoms with Crippen molar-refractivity contribution in [3.05, 3.63) is 59.7 Å². The lowest BCUT2D eigenvalue weighted by Crippen LogP contribution is -2.14. The maximum absolute atomic E-state index is 11.6. The SMILES string of the molecule is CO/N=C(/C(=O)Cl)c1ccccc1COc1ccccc1OC. The second-order valence-electron chi connectivity index (χ2n) is 4.49. The lowest BCUT2D eigenvalue weighted by atomic mass is 10.0. The lowest BCUT2D eigenvalue weighted by molar-refractivity contribution is -0.106. The minimum atomic E-state index is -0.698. The van der Waals surface area contributed by atoms with Crippen molar-refractivity contribution in [1.82, 2.24) is 0 Å². The fourth-order valence-electron chi connectivity index (χ4n) is 2.05. The van der Waals surface area contributed by atoms with E-state index in [1.807, 2.05) is 24.3 Å². The Morgan fingerprint density at radius 3 is 2.35 bits per heavy atom. The Labute approximate surface area is 139 Å². The third kappa shape index (κ3) is 4.23. The predicted molar refractivity (Wildman–Crippen MR) is 88.2 cm³/mol. The number of nitrogens with zero attached hydrogens (tertiary/aromatic N) is 1. The zero-order chi connectivity index (χ0) is 16.7. The van der Waals surface area contributed by atoms with Gasteiger partial charge in [-0.05, 0) is 29.3 Å². The summed E-state index contributed by atoms with van der Waals surface area (Å²) in [5.74, 6) is 1.23. The van der Waals surface area contributed by atoms with Gasteiger partial charge in [0.1, 0.15) is 13.7 Å². The Bertz CT molecular complexity index is 715. The van der Waals surface area contributed by atoms with Gasteiger partial charge < -0.3 is 14.3 Å². The summed E-state index contributed by atoms with van der Waals surface area (Å²) < 4.78 is 11.0. The van der Waals surface area contributed by atoms with E-state index in [2.05, 4.69) is 5.16 Å². The molecule has 0 aliphatic carbocycles. The molecule has 0 saturated heterocycles. The molecule has 0 heterocycles. The van der Waals surface area contributed by atoms with Crippen LogP contribution in [0.2, 0.25) is 0 Å². The zero-order valence-corrected chi connectivity index (χ0v) is 13.5. The van der Waals surface area contributed by atoms with E-state index in [0.717, 1.165) is 5.56 Å². The van der Waals surface area contributed by atoms with Gasteiger partial charge in [0.05, 0.1) is 7.11 Å². The number of oxime groups is 1. The molecule has 0 bridgehead atoms. The summed E-state index contributed by atoms with van der Waals surface area (Å²) in [5.41, 5.74) is 1.35. The van der Waals surface area contributed by atoms with Crippen LogP contribution in [-0.4, -0.2) is 25.2 Å². The highest BCUT2D eigenvalue weighted by molar-refractivity contribution is 6.84. The van der Waals surface area contributed by atoms with Gasteiger partial charge in [-0.15, -0.1) is 0 Å². The van der Waals surface area contributed by atoms with E-state index >= 15 is 0 Å². The molecule has 2 aromatic carbocycles. The van der Waals surface area contributed by atoms with Crippen LogP contribution >= 0.6 is 11.6 Å². The highest BCUT2D eigenvalue weighted by atomic mass is 35.5. The van der Waals surface area contributed by atoms with Gasteiger partial charge in [0.15, 0.2) is 17.2 Å². The van der Waals surface area contributed by atoms with Crippen LogP contribution in [0.1, 0.15) is 11.1 Å². The first-order chi connectivity index (χ1) is 11.2. The average molecular weight is 334 g/mol. The molecule has 0 aliphatic rings. The van der Waals surface area contributed by atoms with Crippen molar-refractivity contribution < 1.29 is 19.1 Å². The molecule has 0 radical (unpaired) electrons. The van der Waals surface area contributed by atoms with Crippen molar-refractivity contribution in [2.24, 2.45) is 5.16 Å². The Morgan fingerprint density at radius 2 is 1.70 bits per heavy atom. The Morgan fingerprint density at radius 1 is 1.04 bits per heavy atom. The summed E-state index contributed by atoms with van der Waals surface area (Å²) in [7, 11) is 2.93. The largest absolute Gasteiger partial charge is 0.493 e. The van der Waals surface area contributed by atoms with Gasteiger partial charge in [-0.3, -0.25) is 4.79 Å². The third-order valence-electron chi connectivity index (χ3n) is 3.09. The van der Waals surface area contributed by atoms with Crippen LogP contribution in [0.4, 0.5) is 0 Å². The van der Waals surface area contributed by atoms with Gasteiger partial charge in [-0.25, -0.2) is 0 Å². The number of carbonyl (C=O) groups excluding carboxylic acids is 1. The summed E-state index contributed by atoms with van der Waals surface area (Å²) in [4.78, 5) is 16.3. The standard InChI is InChI=1S/C17H16ClNO4/c1-21-14-9-5-6-10-15(14)23-11-12-7-3-4-8-13(12)16(17(18)20)19-22-2/h3-10H,11H2,1-2H3/b19-16+. The Hall–Kier alpha value is -2.53. The number of para-hydroxylation sites is 2. The molecule has 23 heavy (non-hydrogen) atoms. The van der Waals surface area contributed by atoms with E-state index in [4.69, 9.17) is 25.9 Å². The molecule has 120 valence electrons. The number of carbonyl (C=O) groups is 1. The van der Waals surface area contributed by atoms with Crippen LogP contribution in [0.15, 0.2) is 53.7 Å². The highest BCUT2D eigenvalue weighted by Crippen LogP contribution is 2.27. The van der Waals surface area contributed by atoms with Crippen LogP contribution < -0.4 is 9.47 Å². The summed E-state index contributed by atoms with van der Waals surface area (Å²) in [6, 6.07) is 14.5. The van der Waals surface area contributed by atoms with Crippen molar-refractivity contribution >= 4 is 22.6 Å². The molecule has 0 aromatic heterocycles. The summed E-state index contributed by atoms with van der Waals surface area (Å²) in [5, 5.41) is 3.00. The third-order valence-corrected chi connectivity index (χ3v) is 3.27. The minimum Gasteiger partial charge on any atom is -0.493 e. The number of benzene rings is 2. The maximum atomic E-state index is 11.6. The van der Waals surface area contributed by atoms with Gasteiger partial charge >= 0.3 is 0 Å².